The summed E-state index contributed by atoms with van der Waals surface area (Å²) in [7, 11) is 2.03. The van der Waals surface area contributed by atoms with Gasteiger partial charge in [0.15, 0.2) is 0 Å². The van der Waals surface area contributed by atoms with Crippen molar-refractivity contribution in [2.75, 3.05) is 25.0 Å². The maximum Gasteiger partial charge on any atom is 0.0726 e. The number of fused-ring (bicyclic) bond motifs is 1. The van der Waals surface area contributed by atoms with E-state index in [2.05, 4.69) is 52.5 Å². The molecule has 3 nitrogen and oxygen atoms in total. The van der Waals surface area contributed by atoms with Crippen LogP contribution in [-0.2, 0) is 0 Å². The Bertz CT molecular complexity index is 579. The molecule has 1 saturated heterocycles. The number of para-hydroxylation sites is 1. The number of nitrogens with one attached hydrogen (secondary N) is 1. The lowest BCUT2D eigenvalue weighted by atomic mass is 10.1. The van der Waals surface area contributed by atoms with Gasteiger partial charge in [-0.2, -0.15) is 0 Å². The fraction of sp³-hybridized carbons (Fsp3) is 0.438. The van der Waals surface area contributed by atoms with E-state index in [4.69, 9.17) is 0 Å². The molecule has 1 aliphatic rings. The van der Waals surface area contributed by atoms with Crippen LogP contribution in [0.25, 0.3) is 10.9 Å². The van der Waals surface area contributed by atoms with E-state index in [0.29, 0.717) is 6.04 Å². The number of hydrogen-bond acceptors (Lipinski definition) is 3. The standard InChI is InChI=1S/C16H21N3/c1-12-10-16(14-7-3-4-8-15(14)18-12)19-9-5-6-13(19)11-17-2/h3-4,7-8,10,13,17H,5-6,9,11H2,1-2H3. The topological polar surface area (TPSA) is 28.2 Å². The number of benzene rings is 1. The Balaban J connectivity index is 2.08. The highest BCUT2D eigenvalue weighted by Crippen LogP contribution is 2.32. The summed E-state index contributed by atoms with van der Waals surface area (Å²) < 4.78 is 0. The first-order valence-corrected chi connectivity index (χ1v) is 7.07. The zero-order valence-electron chi connectivity index (χ0n) is 11.7. The molecule has 2 heterocycles. The molecule has 1 fully saturated rings. The zero-order valence-corrected chi connectivity index (χ0v) is 11.7. The normalized spacial score (nSPS) is 19.3. The highest BCUT2D eigenvalue weighted by atomic mass is 15.2. The minimum absolute atomic E-state index is 0.607. The van der Waals surface area contributed by atoms with E-state index in [1.807, 2.05) is 7.05 Å². The first kappa shape index (κ1) is 12.4. The number of anilines is 1. The monoisotopic (exact) mass is 255 g/mol. The molecule has 1 unspecified atom stereocenters. The average molecular weight is 255 g/mol. The second kappa shape index (κ2) is 5.17. The van der Waals surface area contributed by atoms with Crippen LogP contribution >= 0.6 is 0 Å². The Kier molecular flexibility index (Phi) is 3.38. The predicted octanol–water partition coefficient (Wildman–Crippen LogP) is 2.73. The van der Waals surface area contributed by atoms with Gasteiger partial charge in [-0.1, -0.05) is 18.2 Å². The lowest BCUT2D eigenvalue weighted by Gasteiger charge is -2.28. The summed E-state index contributed by atoms with van der Waals surface area (Å²) in [6, 6.07) is 11.3. The summed E-state index contributed by atoms with van der Waals surface area (Å²) in [5, 5.41) is 4.59. The SMILES string of the molecule is CNCC1CCCN1c1cc(C)nc2ccccc12. The van der Waals surface area contributed by atoms with Gasteiger partial charge in [-0.25, -0.2) is 0 Å². The van der Waals surface area contributed by atoms with Gasteiger partial charge >= 0.3 is 0 Å². The maximum atomic E-state index is 4.64. The van der Waals surface area contributed by atoms with E-state index in [1.165, 1.54) is 23.9 Å². The number of hydrogen-bond donors (Lipinski definition) is 1. The molecule has 1 aromatic heterocycles. The number of nitrogens with zero attached hydrogens (tertiary/aromatic N) is 2. The molecular formula is C16H21N3. The third kappa shape index (κ3) is 2.30. The summed E-state index contributed by atoms with van der Waals surface area (Å²) in [6.45, 7) is 4.29. The van der Waals surface area contributed by atoms with E-state index >= 15 is 0 Å². The molecule has 0 aliphatic carbocycles. The van der Waals surface area contributed by atoms with Crippen LogP contribution in [-0.4, -0.2) is 31.2 Å². The average Bonchev–Trinajstić information content (AvgIpc) is 2.86. The molecule has 0 spiro atoms. The van der Waals surface area contributed by atoms with E-state index in [0.717, 1.165) is 24.3 Å². The highest BCUT2D eigenvalue weighted by molar-refractivity contribution is 5.92. The molecule has 19 heavy (non-hydrogen) atoms. The van der Waals surface area contributed by atoms with Crippen molar-refractivity contribution in [1.29, 1.82) is 0 Å². The molecule has 0 amide bonds. The van der Waals surface area contributed by atoms with Crippen LogP contribution in [0.1, 0.15) is 18.5 Å². The molecule has 3 heteroatoms. The van der Waals surface area contributed by atoms with Crippen molar-refractivity contribution in [2.24, 2.45) is 0 Å². The number of likely N-dealkylation sites (N-methyl/N-ethyl adjacent to an activating group) is 1. The Morgan fingerprint density at radius 3 is 3.05 bits per heavy atom. The lowest BCUT2D eigenvalue weighted by molar-refractivity contribution is 0.616. The molecule has 1 atom stereocenters. The minimum Gasteiger partial charge on any atom is -0.367 e. The van der Waals surface area contributed by atoms with Gasteiger partial charge in [0.2, 0.25) is 0 Å². The number of pyridine rings is 1. The molecule has 0 bridgehead atoms. The van der Waals surface area contributed by atoms with Gasteiger partial charge in [-0.05, 0) is 38.9 Å². The van der Waals surface area contributed by atoms with Crippen molar-refractivity contribution in [1.82, 2.24) is 10.3 Å². The summed E-state index contributed by atoms with van der Waals surface area (Å²) in [5.74, 6) is 0. The van der Waals surface area contributed by atoms with Gasteiger partial charge in [0.25, 0.3) is 0 Å². The van der Waals surface area contributed by atoms with E-state index in [-0.39, 0.29) is 0 Å². The van der Waals surface area contributed by atoms with Crippen molar-refractivity contribution < 1.29 is 0 Å². The van der Waals surface area contributed by atoms with Gasteiger partial charge in [-0.15, -0.1) is 0 Å². The van der Waals surface area contributed by atoms with E-state index in [9.17, 15) is 0 Å². The highest BCUT2D eigenvalue weighted by Gasteiger charge is 2.25. The fourth-order valence-corrected chi connectivity index (χ4v) is 3.12. The van der Waals surface area contributed by atoms with Gasteiger partial charge in [0, 0.05) is 35.9 Å². The maximum absolute atomic E-state index is 4.64. The lowest BCUT2D eigenvalue weighted by Crippen LogP contribution is -2.36. The number of rotatable bonds is 3. The Hall–Kier alpha value is -1.61. The van der Waals surface area contributed by atoms with Crippen LogP contribution in [0.5, 0.6) is 0 Å². The third-order valence-corrected chi connectivity index (χ3v) is 3.95. The predicted molar refractivity (Wildman–Crippen MR) is 80.8 cm³/mol. The molecule has 1 aromatic carbocycles. The molecule has 100 valence electrons. The number of aryl methyl sites for hydroxylation is 1. The summed E-state index contributed by atoms with van der Waals surface area (Å²) in [6.07, 6.45) is 2.55. The van der Waals surface area contributed by atoms with Crippen LogP contribution in [0.2, 0.25) is 0 Å². The van der Waals surface area contributed by atoms with Crippen LogP contribution < -0.4 is 10.2 Å². The van der Waals surface area contributed by atoms with Crippen LogP contribution in [0.4, 0.5) is 5.69 Å². The molecule has 2 aromatic rings. The Morgan fingerprint density at radius 2 is 2.21 bits per heavy atom. The van der Waals surface area contributed by atoms with Gasteiger partial charge < -0.3 is 10.2 Å². The van der Waals surface area contributed by atoms with E-state index < -0.39 is 0 Å². The molecule has 0 saturated carbocycles. The second-order valence-corrected chi connectivity index (χ2v) is 5.35. The molecule has 0 radical (unpaired) electrons. The van der Waals surface area contributed by atoms with Gasteiger partial charge in [0.05, 0.1) is 5.52 Å². The van der Waals surface area contributed by atoms with Crippen molar-refractivity contribution in [3.05, 3.63) is 36.0 Å². The minimum atomic E-state index is 0.607. The first-order chi connectivity index (χ1) is 9.29. The number of aromatic nitrogens is 1. The largest absolute Gasteiger partial charge is 0.367 e. The first-order valence-electron chi connectivity index (χ1n) is 7.07. The van der Waals surface area contributed by atoms with E-state index in [1.54, 1.807) is 0 Å². The Labute approximate surface area is 114 Å². The summed E-state index contributed by atoms with van der Waals surface area (Å²) in [5.41, 5.74) is 3.55. The van der Waals surface area contributed by atoms with Crippen molar-refractivity contribution in [3.63, 3.8) is 0 Å². The van der Waals surface area contributed by atoms with Crippen LogP contribution in [0, 0.1) is 6.92 Å². The molecule has 1 aliphatic heterocycles. The van der Waals surface area contributed by atoms with Gasteiger partial charge in [0.1, 0.15) is 0 Å². The van der Waals surface area contributed by atoms with Crippen molar-refractivity contribution >= 4 is 16.6 Å². The van der Waals surface area contributed by atoms with Crippen LogP contribution in [0.15, 0.2) is 30.3 Å². The quantitative estimate of drug-likeness (QED) is 0.914. The summed E-state index contributed by atoms with van der Waals surface area (Å²) >= 11 is 0. The molecular weight excluding hydrogens is 234 g/mol. The Morgan fingerprint density at radius 1 is 1.37 bits per heavy atom. The van der Waals surface area contributed by atoms with Crippen molar-refractivity contribution in [2.45, 2.75) is 25.8 Å². The van der Waals surface area contributed by atoms with Crippen LogP contribution in [0.3, 0.4) is 0 Å². The second-order valence-electron chi connectivity index (χ2n) is 5.35. The third-order valence-electron chi connectivity index (χ3n) is 3.95. The van der Waals surface area contributed by atoms with Gasteiger partial charge in [-0.3, -0.25) is 4.98 Å². The fourth-order valence-electron chi connectivity index (χ4n) is 3.12. The summed E-state index contributed by atoms with van der Waals surface area (Å²) in [4.78, 5) is 7.19. The molecule has 1 N–H and O–H groups in total. The van der Waals surface area contributed by atoms with Crippen molar-refractivity contribution in [3.8, 4) is 0 Å². The smallest absolute Gasteiger partial charge is 0.0726 e. The molecule has 3 rings (SSSR count). The zero-order chi connectivity index (χ0) is 13.2.